The zero-order valence-corrected chi connectivity index (χ0v) is 21.6. The second-order valence-electron chi connectivity index (χ2n) is 9.38. The summed E-state index contributed by atoms with van der Waals surface area (Å²) >= 11 is 0. The highest BCUT2D eigenvalue weighted by Gasteiger charge is 2.19. The van der Waals surface area contributed by atoms with Gasteiger partial charge in [-0.15, -0.1) is 0 Å². The second kappa shape index (κ2) is 9.21. The summed E-state index contributed by atoms with van der Waals surface area (Å²) in [5.74, 6) is -1.65. The fraction of sp³-hybridized carbons (Fsp3) is 0.143. The van der Waals surface area contributed by atoms with Crippen LogP contribution in [0.2, 0.25) is 0 Å². The molecule has 0 aliphatic rings. The molecule has 38 heavy (non-hydrogen) atoms. The van der Waals surface area contributed by atoms with Gasteiger partial charge >= 0.3 is 0 Å². The summed E-state index contributed by atoms with van der Waals surface area (Å²) in [7, 11) is -0.0976. The van der Waals surface area contributed by atoms with Gasteiger partial charge in [-0.3, -0.25) is 9.59 Å². The predicted molar refractivity (Wildman–Crippen MR) is 144 cm³/mol. The van der Waals surface area contributed by atoms with Crippen LogP contribution in [0.25, 0.3) is 44.4 Å². The monoisotopic (exact) mass is 535 g/mol. The molecule has 0 saturated heterocycles. The van der Waals surface area contributed by atoms with Crippen molar-refractivity contribution in [1.82, 2.24) is 14.1 Å². The van der Waals surface area contributed by atoms with Crippen LogP contribution in [-0.2, 0) is 29.7 Å². The van der Waals surface area contributed by atoms with Crippen molar-refractivity contribution in [3.05, 3.63) is 105 Å². The number of hydrogen-bond donors (Lipinski definition) is 1. The van der Waals surface area contributed by atoms with Gasteiger partial charge in [0.2, 0.25) is 0 Å². The number of halogens is 2. The van der Waals surface area contributed by atoms with E-state index in [0.29, 0.717) is 33.2 Å². The van der Waals surface area contributed by atoms with Crippen LogP contribution in [0.5, 0.6) is 0 Å². The number of sulfone groups is 1. The second-order valence-corrected chi connectivity index (χ2v) is 11.5. The summed E-state index contributed by atoms with van der Waals surface area (Å²) < 4.78 is 54.6. The number of aromatic nitrogens is 3. The lowest BCUT2D eigenvalue weighted by Gasteiger charge is -2.14. The average molecular weight is 536 g/mol. The molecule has 0 amide bonds. The molecule has 0 atom stereocenters. The number of fused-ring (bicyclic) bond motifs is 1. The van der Waals surface area contributed by atoms with Gasteiger partial charge in [0, 0.05) is 72.6 Å². The van der Waals surface area contributed by atoms with Crippen LogP contribution in [0.4, 0.5) is 8.78 Å². The Morgan fingerprint density at radius 2 is 1.58 bits per heavy atom. The fourth-order valence-electron chi connectivity index (χ4n) is 4.62. The van der Waals surface area contributed by atoms with Crippen molar-refractivity contribution in [1.29, 1.82) is 0 Å². The van der Waals surface area contributed by atoms with Crippen LogP contribution in [0.1, 0.15) is 5.56 Å². The summed E-state index contributed by atoms with van der Waals surface area (Å²) in [5, 5.41) is 0.452. The summed E-state index contributed by atoms with van der Waals surface area (Å²) in [6.07, 6.45) is 4.41. The Balaban J connectivity index is 1.79. The largest absolute Gasteiger partial charge is 0.350 e. The van der Waals surface area contributed by atoms with Gasteiger partial charge in [-0.05, 0) is 34.9 Å². The molecule has 1 N–H and O–H groups in total. The minimum Gasteiger partial charge on any atom is -0.350 e. The topological polar surface area (TPSA) is 93.9 Å². The molecule has 3 aromatic heterocycles. The van der Waals surface area contributed by atoms with Crippen molar-refractivity contribution in [3.63, 3.8) is 0 Å². The summed E-state index contributed by atoms with van der Waals surface area (Å²) in [6, 6.07) is 13.3. The minimum absolute atomic E-state index is 0.0910. The number of aryl methyl sites for hydroxylation is 2. The summed E-state index contributed by atoms with van der Waals surface area (Å²) in [4.78, 5) is 28.7. The van der Waals surface area contributed by atoms with Gasteiger partial charge in [0.25, 0.3) is 11.1 Å². The van der Waals surface area contributed by atoms with E-state index in [9.17, 15) is 26.8 Å². The lowest BCUT2D eigenvalue weighted by atomic mass is 9.94. The van der Waals surface area contributed by atoms with E-state index in [0.717, 1.165) is 18.4 Å². The number of aromatic amines is 1. The molecule has 3 heterocycles. The van der Waals surface area contributed by atoms with Gasteiger partial charge in [0.15, 0.2) is 9.84 Å². The van der Waals surface area contributed by atoms with Crippen molar-refractivity contribution >= 4 is 20.7 Å². The quantitative estimate of drug-likeness (QED) is 0.361. The summed E-state index contributed by atoms with van der Waals surface area (Å²) in [6.45, 7) is 0. The summed E-state index contributed by atoms with van der Waals surface area (Å²) in [5.41, 5.74) is 2.86. The number of rotatable bonds is 5. The van der Waals surface area contributed by atoms with E-state index in [-0.39, 0.29) is 33.6 Å². The maximum absolute atomic E-state index is 14.6. The highest BCUT2D eigenvalue weighted by molar-refractivity contribution is 7.89. The van der Waals surface area contributed by atoms with E-state index >= 15 is 0 Å². The van der Waals surface area contributed by atoms with E-state index in [4.69, 9.17) is 0 Å². The maximum Gasteiger partial charge on any atom is 0.274 e. The fourth-order valence-corrected chi connectivity index (χ4v) is 5.40. The number of hydrogen-bond acceptors (Lipinski definition) is 4. The van der Waals surface area contributed by atoms with Crippen LogP contribution in [0.15, 0.2) is 76.6 Å². The normalized spacial score (nSPS) is 11.8. The standard InChI is InChI=1S/C28H23F2N3O4S/c1-32-13-22(17-6-4-5-16(9-17)15-38(3,36)37)20(12-26(32)34)23-14-33(2)28(35)27-21(23)11-25(31-27)19-8-7-18(29)10-24(19)30/h4-14,31H,15H2,1-3H3. The van der Waals surface area contributed by atoms with E-state index in [1.54, 1.807) is 50.8 Å². The van der Waals surface area contributed by atoms with Gasteiger partial charge in [-0.2, -0.15) is 0 Å². The minimum atomic E-state index is -3.27. The Morgan fingerprint density at radius 1 is 0.842 bits per heavy atom. The van der Waals surface area contributed by atoms with Crippen molar-refractivity contribution in [2.45, 2.75) is 5.75 Å². The molecule has 0 aliphatic heterocycles. The molecule has 10 heteroatoms. The first-order chi connectivity index (χ1) is 17.9. The number of pyridine rings is 2. The van der Waals surface area contributed by atoms with Gasteiger partial charge in [0.05, 0.1) is 5.75 Å². The molecule has 7 nitrogen and oxygen atoms in total. The van der Waals surface area contributed by atoms with E-state index < -0.39 is 21.5 Å². The molecule has 5 aromatic rings. The molecule has 0 unspecified atom stereocenters. The zero-order valence-electron chi connectivity index (χ0n) is 20.7. The Hall–Kier alpha value is -4.31. The molecule has 0 fully saturated rings. The molecule has 0 spiro atoms. The molecule has 0 aliphatic carbocycles. The van der Waals surface area contributed by atoms with Crippen molar-refractivity contribution < 1.29 is 17.2 Å². The number of nitrogens with one attached hydrogen (secondary N) is 1. The average Bonchev–Trinajstić information content (AvgIpc) is 3.27. The van der Waals surface area contributed by atoms with Crippen LogP contribution < -0.4 is 11.1 Å². The number of nitrogens with zero attached hydrogens (tertiary/aromatic N) is 2. The molecular weight excluding hydrogens is 512 g/mol. The lowest BCUT2D eigenvalue weighted by Crippen LogP contribution is -2.18. The first kappa shape index (κ1) is 25.3. The van der Waals surface area contributed by atoms with E-state index in [2.05, 4.69) is 4.98 Å². The van der Waals surface area contributed by atoms with E-state index in [1.807, 2.05) is 6.07 Å². The lowest BCUT2D eigenvalue weighted by molar-refractivity contribution is 0.585. The third-order valence-corrected chi connectivity index (χ3v) is 7.23. The Bertz CT molecular complexity index is 1970. The Morgan fingerprint density at radius 3 is 2.29 bits per heavy atom. The predicted octanol–water partition coefficient (Wildman–Crippen LogP) is 4.39. The van der Waals surface area contributed by atoms with Crippen molar-refractivity contribution in [3.8, 4) is 33.5 Å². The zero-order chi connectivity index (χ0) is 27.4. The van der Waals surface area contributed by atoms with Crippen molar-refractivity contribution in [2.24, 2.45) is 14.1 Å². The van der Waals surface area contributed by atoms with Crippen LogP contribution in [0.3, 0.4) is 0 Å². The molecule has 0 bridgehead atoms. The van der Waals surface area contributed by atoms with Gasteiger partial charge in [-0.1, -0.05) is 24.3 Å². The first-order valence-electron chi connectivity index (χ1n) is 11.6. The SMILES string of the molecule is Cn1cc(-c2cccc(CS(C)(=O)=O)c2)c(-c2cn(C)c(=O)c3[nH]c(-c4ccc(F)cc4F)cc23)cc1=O. The maximum atomic E-state index is 14.6. The third kappa shape index (κ3) is 4.70. The molecule has 194 valence electrons. The molecule has 2 aromatic carbocycles. The van der Waals surface area contributed by atoms with Crippen LogP contribution in [0, 0.1) is 11.6 Å². The highest BCUT2D eigenvalue weighted by atomic mass is 32.2. The van der Waals surface area contributed by atoms with Gasteiger partial charge < -0.3 is 14.1 Å². The first-order valence-corrected chi connectivity index (χ1v) is 13.6. The van der Waals surface area contributed by atoms with Gasteiger partial charge in [0.1, 0.15) is 17.2 Å². The number of benzene rings is 2. The Kier molecular flexibility index (Phi) is 6.15. The van der Waals surface area contributed by atoms with E-state index in [1.165, 1.54) is 21.3 Å². The highest BCUT2D eigenvalue weighted by Crippen LogP contribution is 2.37. The Labute approximate surface area is 216 Å². The number of H-pyrrole nitrogens is 1. The van der Waals surface area contributed by atoms with Gasteiger partial charge in [-0.25, -0.2) is 17.2 Å². The molecule has 5 rings (SSSR count). The van der Waals surface area contributed by atoms with Crippen molar-refractivity contribution in [2.75, 3.05) is 6.26 Å². The van der Waals surface area contributed by atoms with Crippen LogP contribution in [-0.4, -0.2) is 28.8 Å². The molecule has 0 radical (unpaired) electrons. The van der Waals surface area contributed by atoms with Crippen LogP contribution >= 0.6 is 0 Å². The molecular formula is C28H23F2N3O4S. The third-order valence-electron chi connectivity index (χ3n) is 6.37. The smallest absolute Gasteiger partial charge is 0.274 e. The molecule has 0 saturated carbocycles.